The molecule has 146 valence electrons. The molecule has 0 atom stereocenters. The first-order chi connectivity index (χ1) is 12.6. The Morgan fingerprint density at radius 3 is 2.56 bits per heavy atom. The van der Waals surface area contributed by atoms with Gasteiger partial charge in [0, 0.05) is 35.3 Å². The van der Waals surface area contributed by atoms with Crippen LogP contribution in [0.3, 0.4) is 0 Å². The van der Waals surface area contributed by atoms with Crippen molar-refractivity contribution in [1.82, 2.24) is 9.97 Å². The maximum absolute atomic E-state index is 12.1. The molecule has 0 aliphatic rings. The molecule has 0 saturated carbocycles. The van der Waals surface area contributed by atoms with Crippen LogP contribution in [0.4, 0.5) is 22.2 Å². The summed E-state index contributed by atoms with van der Waals surface area (Å²) in [6.07, 6.45) is 1.66. The number of nitrogens with zero attached hydrogens (tertiary/aromatic N) is 2. The van der Waals surface area contributed by atoms with E-state index < -0.39 is 15.9 Å². The van der Waals surface area contributed by atoms with Gasteiger partial charge in [0.25, 0.3) is 0 Å². The number of carbonyl (C=O) groups is 1. The van der Waals surface area contributed by atoms with Gasteiger partial charge in [0.15, 0.2) is 0 Å². The van der Waals surface area contributed by atoms with E-state index in [1.165, 1.54) is 6.26 Å². The Bertz CT molecular complexity index is 934. The monoisotopic (exact) mass is 411 g/mol. The van der Waals surface area contributed by atoms with Gasteiger partial charge >= 0.3 is 6.03 Å². The van der Waals surface area contributed by atoms with Crippen LogP contribution >= 0.6 is 11.6 Å². The molecule has 10 heteroatoms. The van der Waals surface area contributed by atoms with Crippen molar-refractivity contribution in [3.8, 4) is 0 Å². The second kappa shape index (κ2) is 9.01. The van der Waals surface area contributed by atoms with Gasteiger partial charge in [0.1, 0.15) is 15.7 Å². The molecule has 27 heavy (non-hydrogen) atoms. The summed E-state index contributed by atoms with van der Waals surface area (Å²) in [7, 11) is -2.99. The summed E-state index contributed by atoms with van der Waals surface area (Å²) in [4.78, 5) is 20.5. The van der Waals surface area contributed by atoms with Crippen LogP contribution in [0.5, 0.6) is 0 Å². The van der Waals surface area contributed by atoms with E-state index in [0.29, 0.717) is 35.2 Å². The molecule has 2 rings (SSSR count). The van der Waals surface area contributed by atoms with Crippen LogP contribution in [0, 0.1) is 13.8 Å². The molecule has 0 bridgehead atoms. The maximum Gasteiger partial charge on any atom is 0.326 e. The number of hydrogen-bond donors (Lipinski definition) is 3. The number of aryl methyl sites for hydroxylation is 2. The number of hydrogen-bond acceptors (Lipinski definition) is 6. The molecule has 0 radical (unpaired) electrons. The van der Waals surface area contributed by atoms with Gasteiger partial charge in [-0.25, -0.2) is 18.2 Å². The van der Waals surface area contributed by atoms with Crippen LogP contribution in [0.15, 0.2) is 24.3 Å². The molecule has 0 aliphatic carbocycles. The van der Waals surface area contributed by atoms with Crippen molar-refractivity contribution in [2.75, 3.05) is 34.5 Å². The molecule has 2 aromatic rings. The third-order valence-electron chi connectivity index (χ3n) is 3.51. The first-order valence-electron chi connectivity index (χ1n) is 8.24. The van der Waals surface area contributed by atoms with Crippen LogP contribution in [-0.2, 0) is 9.84 Å². The number of carbonyl (C=O) groups excluding carboxylic acids is 1. The highest BCUT2D eigenvalue weighted by molar-refractivity contribution is 7.90. The quantitative estimate of drug-likeness (QED) is 0.603. The number of amides is 2. The Morgan fingerprint density at radius 2 is 1.89 bits per heavy atom. The lowest BCUT2D eigenvalue weighted by atomic mass is 10.2. The highest BCUT2D eigenvalue weighted by Crippen LogP contribution is 2.20. The standard InChI is InChI=1S/C17H22ClN5O3S/c1-11-5-6-13(10-14(11)18)21-17(24)23-16-20-12(2)9-15(22-16)19-7-4-8-27(3,25)26/h5-6,9-10H,4,7-8H2,1-3H3,(H3,19,20,21,22,23,24). The third kappa shape index (κ3) is 7.40. The second-order valence-electron chi connectivity index (χ2n) is 6.17. The normalized spacial score (nSPS) is 11.1. The molecule has 0 saturated heterocycles. The summed E-state index contributed by atoms with van der Waals surface area (Å²) < 4.78 is 22.3. The number of aromatic nitrogens is 2. The molecule has 0 fully saturated rings. The summed E-state index contributed by atoms with van der Waals surface area (Å²) in [5.74, 6) is 0.734. The van der Waals surface area contributed by atoms with E-state index in [1.54, 1.807) is 31.2 Å². The number of anilines is 3. The van der Waals surface area contributed by atoms with E-state index in [-0.39, 0.29) is 11.7 Å². The van der Waals surface area contributed by atoms with E-state index >= 15 is 0 Å². The van der Waals surface area contributed by atoms with Crippen LogP contribution < -0.4 is 16.0 Å². The minimum atomic E-state index is -2.99. The second-order valence-corrected chi connectivity index (χ2v) is 8.84. The molecule has 0 unspecified atom stereocenters. The zero-order valence-electron chi connectivity index (χ0n) is 15.3. The van der Waals surface area contributed by atoms with E-state index in [2.05, 4.69) is 25.9 Å². The molecule has 2 amide bonds. The highest BCUT2D eigenvalue weighted by atomic mass is 35.5. The van der Waals surface area contributed by atoms with Gasteiger partial charge < -0.3 is 10.6 Å². The fraction of sp³-hybridized carbons (Fsp3) is 0.353. The van der Waals surface area contributed by atoms with Crippen molar-refractivity contribution in [3.63, 3.8) is 0 Å². The maximum atomic E-state index is 12.1. The van der Waals surface area contributed by atoms with E-state index in [1.807, 2.05) is 6.92 Å². The van der Waals surface area contributed by atoms with E-state index in [0.717, 1.165) is 5.56 Å². The smallest absolute Gasteiger partial charge is 0.326 e. The molecule has 1 aromatic carbocycles. The van der Waals surface area contributed by atoms with Gasteiger partial charge in [-0.3, -0.25) is 5.32 Å². The lowest BCUT2D eigenvalue weighted by Gasteiger charge is -2.10. The minimum Gasteiger partial charge on any atom is -0.370 e. The predicted molar refractivity (Wildman–Crippen MR) is 108 cm³/mol. The van der Waals surface area contributed by atoms with Crippen LogP contribution in [-0.4, -0.2) is 43.0 Å². The zero-order chi connectivity index (χ0) is 20.0. The number of rotatable bonds is 7. The Morgan fingerprint density at radius 1 is 1.15 bits per heavy atom. The van der Waals surface area contributed by atoms with E-state index in [4.69, 9.17) is 11.6 Å². The summed E-state index contributed by atoms with van der Waals surface area (Å²) in [6.45, 7) is 4.08. The van der Waals surface area contributed by atoms with Gasteiger partial charge in [-0.2, -0.15) is 4.98 Å². The fourth-order valence-electron chi connectivity index (χ4n) is 2.20. The van der Waals surface area contributed by atoms with Crippen LogP contribution in [0.1, 0.15) is 17.7 Å². The van der Waals surface area contributed by atoms with Crippen molar-refractivity contribution < 1.29 is 13.2 Å². The van der Waals surface area contributed by atoms with Crippen molar-refractivity contribution in [2.24, 2.45) is 0 Å². The summed E-state index contributed by atoms with van der Waals surface area (Å²) in [5, 5.41) is 8.82. The molecule has 0 spiro atoms. The Hall–Kier alpha value is -2.39. The lowest BCUT2D eigenvalue weighted by molar-refractivity contribution is 0.262. The van der Waals surface area contributed by atoms with Crippen LogP contribution in [0.2, 0.25) is 5.02 Å². The summed E-state index contributed by atoms with van der Waals surface area (Å²) >= 11 is 6.05. The Kier molecular flexibility index (Phi) is 6.98. The summed E-state index contributed by atoms with van der Waals surface area (Å²) in [5.41, 5.74) is 2.12. The number of halogens is 1. The fourth-order valence-corrected chi connectivity index (χ4v) is 3.05. The van der Waals surface area contributed by atoms with Crippen molar-refractivity contribution in [2.45, 2.75) is 20.3 Å². The molecule has 0 aliphatic heterocycles. The number of nitrogens with one attached hydrogen (secondary N) is 3. The van der Waals surface area contributed by atoms with Crippen molar-refractivity contribution >= 4 is 44.9 Å². The zero-order valence-corrected chi connectivity index (χ0v) is 16.9. The molecular weight excluding hydrogens is 390 g/mol. The van der Waals surface area contributed by atoms with Gasteiger partial charge in [-0.05, 0) is 38.0 Å². The first-order valence-corrected chi connectivity index (χ1v) is 10.7. The molecule has 8 nitrogen and oxygen atoms in total. The Labute approximate surface area is 163 Å². The highest BCUT2D eigenvalue weighted by Gasteiger charge is 2.08. The van der Waals surface area contributed by atoms with Gasteiger partial charge in [0.2, 0.25) is 5.95 Å². The number of benzene rings is 1. The summed E-state index contributed by atoms with van der Waals surface area (Å²) in [6, 6.07) is 6.42. The molecule has 1 heterocycles. The molecule has 3 N–H and O–H groups in total. The Balaban J connectivity index is 1.96. The van der Waals surface area contributed by atoms with Gasteiger partial charge in [-0.1, -0.05) is 17.7 Å². The number of urea groups is 1. The SMILES string of the molecule is Cc1cc(NCCCS(C)(=O)=O)nc(NC(=O)Nc2ccc(C)c(Cl)c2)n1. The first kappa shape index (κ1) is 20.9. The van der Waals surface area contributed by atoms with E-state index in [9.17, 15) is 13.2 Å². The average Bonchev–Trinajstić information content (AvgIpc) is 2.53. The van der Waals surface area contributed by atoms with Crippen molar-refractivity contribution in [3.05, 3.63) is 40.5 Å². The third-order valence-corrected chi connectivity index (χ3v) is 4.94. The predicted octanol–water partition coefficient (Wildman–Crippen LogP) is 3.24. The largest absolute Gasteiger partial charge is 0.370 e. The topological polar surface area (TPSA) is 113 Å². The lowest BCUT2D eigenvalue weighted by Crippen LogP contribution is -2.21. The minimum absolute atomic E-state index is 0.0939. The van der Waals surface area contributed by atoms with Gasteiger partial charge in [0.05, 0.1) is 5.75 Å². The van der Waals surface area contributed by atoms with Crippen LogP contribution in [0.25, 0.3) is 0 Å². The molecular formula is C17H22ClN5O3S. The van der Waals surface area contributed by atoms with Gasteiger partial charge in [-0.15, -0.1) is 0 Å². The average molecular weight is 412 g/mol. The molecule has 1 aromatic heterocycles. The van der Waals surface area contributed by atoms with Crippen molar-refractivity contribution in [1.29, 1.82) is 0 Å². The number of sulfone groups is 1.